The molecule has 0 unspecified atom stereocenters. The van der Waals surface area contributed by atoms with Gasteiger partial charge in [-0.3, -0.25) is 9.59 Å². The van der Waals surface area contributed by atoms with Gasteiger partial charge in [0, 0.05) is 12.8 Å². The minimum absolute atomic E-state index is 0.0427. The van der Waals surface area contributed by atoms with Crippen molar-refractivity contribution in [3.63, 3.8) is 0 Å². The van der Waals surface area contributed by atoms with Crippen LogP contribution in [-0.2, 0) is 9.59 Å². The zero-order chi connectivity index (χ0) is 11.9. The maximum atomic E-state index is 11.5. The summed E-state index contributed by atoms with van der Waals surface area (Å²) >= 11 is 1.03. The second-order valence-electron chi connectivity index (χ2n) is 3.52. The number of hydrogen-bond acceptors (Lipinski definition) is 4. The van der Waals surface area contributed by atoms with Crippen molar-refractivity contribution < 1.29 is 19.5 Å². The third-order valence-corrected chi connectivity index (χ3v) is 3.49. The van der Waals surface area contributed by atoms with Gasteiger partial charge in [0.05, 0.1) is 5.69 Å². The summed E-state index contributed by atoms with van der Waals surface area (Å²) in [6.45, 7) is 1.69. The van der Waals surface area contributed by atoms with Gasteiger partial charge in [-0.1, -0.05) is 0 Å². The van der Waals surface area contributed by atoms with Crippen LogP contribution in [0.5, 0.6) is 0 Å². The highest BCUT2D eigenvalue weighted by molar-refractivity contribution is 7.12. The first kappa shape index (κ1) is 10.8. The van der Waals surface area contributed by atoms with Crippen molar-refractivity contribution in [2.75, 3.05) is 4.90 Å². The fourth-order valence-corrected chi connectivity index (χ4v) is 2.56. The lowest BCUT2D eigenvalue weighted by Gasteiger charge is -2.14. The van der Waals surface area contributed by atoms with E-state index >= 15 is 0 Å². The van der Waals surface area contributed by atoms with E-state index in [9.17, 15) is 14.4 Å². The predicted molar refractivity (Wildman–Crippen MR) is 57.7 cm³/mol. The number of aryl methyl sites for hydroxylation is 1. The van der Waals surface area contributed by atoms with Crippen molar-refractivity contribution in [1.29, 1.82) is 0 Å². The molecule has 1 N–H and O–H groups in total. The van der Waals surface area contributed by atoms with Crippen LogP contribution < -0.4 is 4.90 Å². The van der Waals surface area contributed by atoms with Gasteiger partial charge < -0.3 is 5.11 Å². The Kier molecular flexibility index (Phi) is 2.51. The van der Waals surface area contributed by atoms with E-state index in [1.807, 2.05) is 0 Å². The SMILES string of the molecule is Cc1csc(C(=O)O)c1N1C(=O)CCC1=O. The van der Waals surface area contributed by atoms with Gasteiger partial charge in [-0.15, -0.1) is 11.3 Å². The van der Waals surface area contributed by atoms with Crippen LogP contribution >= 0.6 is 11.3 Å². The van der Waals surface area contributed by atoms with E-state index in [1.165, 1.54) is 0 Å². The minimum Gasteiger partial charge on any atom is -0.477 e. The van der Waals surface area contributed by atoms with Crippen LogP contribution in [0.1, 0.15) is 28.1 Å². The van der Waals surface area contributed by atoms with E-state index < -0.39 is 5.97 Å². The van der Waals surface area contributed by atoms with Crippen molar-refractivity contribution >= 4 is 34.8 Å². The summed E-state index contributed by atoms with van der Waals surface area (Å²) in [5.74, 6) is -1.76. The predicted octanol–water partition coefficient (Wildman–Crippen LogP) is 1.41. The maximum Gasteiger partial charge on any atom is 0.348 e. The maximum absolute atomic E-state index is 11.5. The number of thiophene rings is 1. The summed E-state index contributed by atoms with van der Waals surface area (Å²) in [5, 5.41) is 10.6. The number of nitrogens with zero attached hydrogens (tertiary/aromatic N) is 1. The molecule has 0 aliphatic carbocycles. The van der Waals surface area contributed by atoms with E-state index in [-0.39, 0.29) is 35.2 Å². The molecule has 2 amide bonds. The molecule has 1 aromatic rings. The number of imide groups is 1. The fourth-order valence-electron chi connectivity index (χ4n) is 1.69. The molecule has 0 radical (unpaired) electrons. The minimum atomic E-state index is -1.11. The van der Waals surface area contributed by atoms with E-state index in [0.29, 0.717) is 5.56 Å². The first-order valence-electron chi connectivity index (χ1n) is 4.69. The lowest BCUT2D eigenvalue weighted by molar-refractivity contribution is -0.121. The van der Waals surface area contributed by atoms with Gasteiger partial charge in [-0.05, 0) is 17.9 Å². The van der Waals surface area contributed by atoms with Crippen LogP contribution in [0.2, 0.25) is 0 Å². The van der Waals surface area contributed by atoms with Crippen LogP contribution in [0.4, 0.5) is 5.69 Å². The van der Waals surface area contributed by atoms with Gasteiger partial charge in [0.25, 0.3) is 0 Å². The van der Waals surface area contributed by atoms with Crippen molar-refractivity contribution in [3.05, 3.63) is 15.8 Å². The van der Waals surface area contributed by atoms with Crippen LogP contribution in [0.3, 0.4) is 0 Å². The van der Waals surface area contributed by atoms with Gasteiger partial charge in [0.1, 0.15) is 4.88 Å². The van der Waals surface area contributed by atoms with Crippen LogP contribution in [0, 0.1) is 6.92 Å². The Morgan fingerprint density at radius 2 is 1.94 bits per heavy atom. The number of anilines is 1. The molecule has 0 aromatic carbocycles. The molecule has 5 nitrogen and oxygen atoms in total. The number of aromatic carboxylic acids is 1. The molecule has 6 heteroatoms. The number of hydrogen-bond donors (Lipinski definition) is 1. The normalized spacial score (nSPS) is 15.9. The third-order valence-electron chi connectivity index (χ3n) is 2.41. The van der Waals surface area contributed by atoms with Crippen molar-refractivity contribution in [3.8, 4) is 0 Å². The number of carboxylic acid groups (broad SMARTS) is 1. The Hall–Kier alpha value is -1.69. The van der Waals surface area contributed by atoms with Gasteiger partial charge >= 0.3 is 5.97 Å². The molecule has 1 aliphatic rings. The van der Waals surface area contributed by atoms with Crippen molar-refractivity contribution in [2.24, 2.45) is 0 Å². The highest BCUT2D eigenvalue weighted by Crippen LogP contribution is 2.34. The summed E-state index contributed by atoms with van der Waals surface area (Å²) in [6, 6.07) is 0. The fraction of sp³-hybridized carbons (Fsp3) is 0.300. The number of carboxylic acids is 1. The molecule has 2 heterocycles. The average Bonchev–Trinajstić information content (AvgIpc) is 2.71. The smallest absolute Gasteiger partial charge is 0.348 e. The molecular weight excluding hydrogens is 230 g/mol. The quantitative estimate of drug-likeness (QED) is 0.792. The van der Waals surface area contributed by atoms with Crippen LogP contribution in [0.25, 0.3) is 0 Å². The molecule has 0 bridgehead atoms. The molecule has 1 saturated heterocycles. The molecule has 0 atom stereocenters. The van der Waals surface area contributed by atoms with Gasteiger partial charge in [-0.25, -0.2) is 9.69 Å². The van der Waals surface area contributed by atoms with Gasteiger partial charge in [-0.2, -0.15) is 0 Å². The second-order valence-corrected chi connectivity index (χ2v) is 4.40. The lowest BCUT2D eigenvalue weighted by atomic mass is 10.2. The van der Waals surface area contributed by atoms with Gasteiger partial charge in [0.2, 0.25) is 11.8 Å². The molecule has 2 rings (SSSR count). The monoisotopic (exact) mass is 239 g/mol. The van der Waals surface area contributed by atoms with Crippen molar-refractivity contribution in [2.45, 2.75) is 19.8 Å². The Balaban J connectivity index is 2.54. The highest BCUT2D eigenvalue weighted by atomic mass is 32.1. The van der Waals surface area contributed by atoms with Gasteiger partial charge in [0.15, 0.2) is 0 Å². The molecule has 1 aliphatic heterocycles. The number of carbonyl (C=O) groups is 3. The molecule has 1 aromatic heterocycles. The van der Waals surface area contributed by atoms with E-state index in [4.69, 9.17) is 5.11 Å². The Labute approximate surface area is 95.3 Å². The van der Waals surface area contributed by atoms with Crippen molar-refractivity contribution in [1.82, 2.24) is 0 Å². The molecule has 0 saturated carbocycles. The Bertz CT molecular complexity index is 475. The van der Waals surface area contributed by atoms with E-state index in [2.05, 4.69) is 0 Å². The number of amides is 2. The Morgan fingerprint density at radius 3 is 2.44 bits per heavy atom. The standard InChI is InChI=1S/C10H9NO4S/c1-5-4-16-9(10(14)15)8(5)11-6(12)2-3-7(11)13/h4H,2-3H2,1H3,(H,14,15). The number of rotatable bonds is 2. The first-order valence-corrected chi connectivity index (χ1v) is 5.57. The first-order chi connectivity index (χ1) is 7.52. The second kappa shape index (κ2) is 3.71. The summed E-state index contributed by atoms with van der Waals surface area (Å²) in [7, 11) is 0. The summed E-state index contributed by atoms with van der Waals surface area (Å²) < 4.78 is 0. The lowest BCUT2D eigenvalue weighted by Crippen LogP contribution is -2.30. The zero-order valence-corrected chi connectivity index (χ0v) is 9.34. The van der Waals surface area contributed by atoms with Crippen LogP contribution in [-0.4, -0.2) is 22.9 Å². The summed E-state index contributed by atoms with van der Waals surface area (Å²) in [6.07, 6.45) is 0.320. The molecule has 1 fully saturated rings. The average molecular weight is 239 g/mol. The molecule has 16 heavy (non-hydrogen) atoms. The summed E-state index contributed by atoms with van der Waals surface area (Å²) in [5.41, 5.74) is 0.885. The largest absolute Gasteiger partial charge is 0.477 e. The third kappa shape index (κ3) is 1.51. The van der Waals surface area contributed by atoms with E-state index in [0.717, 1.165) is 16.2 Å². The molecule has 84 valence electrons. The molecule has 0 spiro atoms. The Morgan fingerprint density at radius 1 is 1.38 bits per heavy atom. The summed E-state index contributed by atoms with van der Waals surface area (Å²) in [4.78, 5) is 35.1. The zero-order valence-electron chi connectivity index (χ0n) is 8.52. The highest BCUT2D eigenvalue weighted by Gasteiger charge is 2.34. The topological polar surface area (TPSA) is 74.7 Å². The van der Waals surface area contributed by atoms with E-state index in [1.54, 1.807) is 12.3 Å². The van der Waals surface area contributed by atoms with Crippen LogP contribution in [0.15, 0.2) is 5.38 Å². The number of carbonyl (C=O) groups excluding carboxylic acids is 2. The molecular formula is C10H9NO4S.